The van der Waals surface area contributed by atoms with Gasteiger partial charge < -0.3 is 20.4 Å². The second-order valence-corrected chi connectivity index (χ2v) is 8.32. The number of benzene rings is 1. The van der Waals surface area contributed by atoms with Crippen LogP contribution in [0.5, 0.6) is 0 Å². The van der Waals surface area contributed by atoms with Gasteiger partial charge in [-0.2, -0.15) is 0 Å². The van der Waals surface area contributed by atoms with Gasteiger partial charge in [0, 0.05) is 38.9 Å². The summed E-state index contributed by atoms with van der Waals surface area (Å²) in [5.74, 6) is 6.52. The van der Waals surface area contributed by atoms with E-state index < -0.39 is 0 Å². The zero-order chi connectivity index (χ0) is 22.8. The van der Waals surface area contributed by atoms with E-state index in [0.717, 1.165) is 54.2 Å². The van der Waals surface area contributed by atoms with E-state index in [0.29, 0.717) is 23.6 Å². The van der Waals surface area contributed by atoms with Crippen LogP contribution in [0.4, 0.5) is 17.2 Å². The molecule has 5 rings (SSSR count). The lowest BCUT2D eigenvalue weighted by molar-refractivity contribution is 0.0966. The number of pyridine rings is 2. The van der Waals surface area contributed by atoms with Gasteiger partial charge in [0.2, 0.25) is 0 Å². The molecular weight excluding hydrogens is 412 g/mol. The molecule has 166 valence electrons. The lowest BCUT2D eigenvalue weighted by atomic mass is 9.95. The van der Waals surface area contributed by atoms with Gasteiger partial charge in [0.15, 0.2) is 0 Å². The molecule has 0 aliphatic carbocycles. The van der Waals surface area contributed by atoms with Crippen LogP contribution in [0.3, 0.4) is 0 Å². The van der Waals surface area contributed by atoms with Gasteiger partial charge in [-0.1, -0.05) is 12.0 Å². The number of rotatable bonds is 4. The molecule has 1 amide bonds. The van der Waals surface area contributed by atoms with Crippen LogP contribution in [-0.4, -0.2) is 54.0 Å². The number of amides is 1. The number of nitrogens with zero attached hydrogens (tertiary/aromatic N) is 4. The molecular formula is C26H26N6O. The van der Waals surface area contributed by atoms with E-state index in [1.807, 2.05) is 36.5 Å². The molecule has 7 heteroatoms. The van der Waals surface area contributed by atoms with Gasteiger partial charge in [-0.15, -0.1) is 0 Å². The Kier molecular flexibility index (Phi) is 5.68. The van der Waals surface area contributed by atoms with Crippen LogP contribution in [0.1, 0.15) is 28.5 Å². The van der Waals surface area contributed by atoms with Crippen LogP contribution in [-0.2, 0) is 6.54 Å². The van der Waals surface area contributed by atoms with Crippen LogP contribution in [0.2, 0.25) is 0 Å². The number of nitrogens with one attached hydrogen (secondary N) is 2. The molecule has 33 heavy (non-hydrogen) atoms. The van der Waals surface area contributed by atoms with Crippen molar-refractivity contribution in [3.05, 3.63) is 65.6 Å². The number of hydrogen-bond acceptors (Lipinski definition) is 6. The van der Waals surface area contributed by atoms with Crippen molar-refractivity contribution in [3.8, 4) is 23.0 Å². The monoisotopic (exact) mass is 438 g/mol. The minimum atomic E-state index is -0.0777. The first kappa shape index (κ1) is 21.0. The number of aromatic nitrogens is 2. The zero-order valence-electron chi connectivity index (χ0n) is 18.9. The maximum Gasteiger partial charge on any atom is 0.254 e. The molecule has 7 nitrogen and oxygen atoms in total. The number of carbonyl (C=O) groups excluding carboxylic acids is 1. The fourth-order valence-corrected chi connectivity index (χ4v) is 4.37. The average molecular weight is 439 g/mol. The summed E-state index contributed by atoms with van der Waals surface area (Å²) in [7, 11) is 2.15. The highest BCUT2D eigenvalue weighted by Crippen LogP contribution is 2.35. The molecule has 2 aliphatic heterocycles. The van der Waals surface area contributed by atoms with Gasteiger partial charge in [-0.3, -0.25) is 4.79 Å². The van der Waals surface area contributed by atoms with E-state index in [1.165, 1.54) is 0 Å². The Balaban J connectivity index is 1.42. The molecule has 0 spiro atoms. The summed E-state index contributed by atoms with van der Waals surface area (Å²) in [6, 6.07) is 12.0. The zero-order valence-corrected chi connectivity index (χ0v) is 18.9. The fraction of sp³-hybridized carbons (Fsp3) is 0.269. The topological polar surface area (TPSA) is 73.4 Å². The maximum atomic E-state index is 12.7. The summed E-state index contributed by atoms with van der Waals surface area (Å²) < 4.78 is 0. The van der Waals surface area contributed by atoms with Crippen LogP contribution in [0.25, 0.3) is 11.1 Å². The van der Waals surface area contributed by atoms with Crippen molar-refractivity contribution in [2.24, 2.45) is 0 Å². The largest absolute Gasteiger partial charge is 0.368 e. The predicted molar refractivity (Wildman–Crippen MR) is 131 cm³/mol. The van der Waals surface area contributed by atoms with Gasteiger partial charge in [-0.25, -0.2) is 9.97 Å². The van der Waals surface area contributed by atoms with Gasteiger partial charge in [0.05, 0.1) is 23.1 Å². The Morgan fingerprint density at radius 2 is 1.91 bits per heavy atom. The first-order valence-corrected chi connectivity index (χ1v) is 11.1. The Morgan fingerprint density at radius 3 is 2.67 bits per heavy atom. The number of anilines is 3. The van der Waals surface area contributed by atoms with Crippen molar-refractivity contribution in [1.29, 1.82) is 0 Å². The van der Waals surface area contributed by atoms with Crippen LogP contribution in [0, 0.1) is 11.8 Å². The molecule has 2 N–H and O–H groups in total. The van der Waals surface area contributed by atoms with E-state index in [9.17, 15) is 4.79 Å². The predicted octanol–water partition coefficient (Wildman–Crippen LogP) is 3.25. The summed E-state index contributed by atoms with van der Waals surface area (Å²) >= 11 is 0. The molecule has 0 atom stereocenters. The van der Waals surface area contributed by atoms with Crippen molar-refractivity contribution in [2.75, 3.05) is 43.4 Å². The summed E-state index contributed by atoms with van der Waals surface area (Å²) in [5.41, 5.74) is 6.23. The van der Waals surface area contributed by atoms with Crippen molar-refractivity contribution < 1.29 is 4.79 Å². The first-order chi connectivity index (χ1) is 16.1. The van der Waals surface area contributed by atoms with Crippen molar-refractivity contribution in [1.82, 2.24) is 20.2 Å². The molecule has 1 saturated heterocycles. The Hall–Kier alpha value is -3.89. The van der Waals surface area contributed by atoms with Gasteiger partial charge in [-0.05, 0) is 66.9 Å². The molecule has 1 aromatic carbocycles. The third-order valence-corrected chi connectivity index (χ3v) is 6.17. The molecule has 4 heterocycles. The highest BCUT2D eigenvalue weighted by atomic mass is 16.1. The van der Waals surface area contributed by atoms with Gasteiger partial charge in [0.1, 0.15) is 11.5 Å². The number of likely N-dealkylation sites (N-methyl/N-ethyl adjacent to an activating group) is 1. The smallest absolute Gasteiger partial charge is 0.254 e. The maximum absolute atomic E-state index is 12.7. The SMILES string of the molecule is CC#Cc1cc(-c2ccc(Nc3ccc(N4CCN(C)CC4)cn3)c3c2CNC3=O)ccn1. The summed E-state index contributed by atoms with van der Waals surface area (Å²) in [6.45, 7) is 6.39. The van der Waals surface area contributed by atoms with Crippen LogP contribution < -0.4 is 15.5 Å². The second kappa shape index (κ2) is 8.93. The third-order valence-electron chi connectivity index (χ3n) is 6.17. The number of fused-ring (bicyclic) bond motifs is 1. The summed E-state index contributed by atoms with van der Waals surface area (Å²) in [4.78, 5) is 26.3. The summed E-state index contributed by atoms with van der Waals surface area (Å²) in [5, 5.41) is 6.31. The molecule has 3 aromatic rings. The molecule has 0 bridgehead atoms. The molecule has 2 aliphatic rings. The van der Waals surface area contributed by atoms with Crippen molar-refractivity contribution >= 4 is 23.1 Å². The lowest BCUT2D eigenvalue weighted by Gasteiger charge is -2.33. The normalized spacial score (nSPS) is 15.5. The Labute approximate surface area is 193 Å². The van der Waals surface area contributed by atoms with Crippen LogP contribution >= 0.6 is 0 Å². The minimum absolute atomic E-state index is 0.0777. The van der Waals surface area contributed by atoms with Gasteiger partial charge in [0.25, 0.3) is 5.91 Å². The van der Waals surface area contributed by atoms with E-state index >= 15 is 0 Å². The van der Waals surface area contributed by atoms with Crippen molar-refractivity contribution in [3.63, 3.8) is 0 Å². The summed E-state index contributed by atoms with van der Waals surface area (Å²) in [6.07, 6.45) is 3.65. The minimum Gasteiger partial charge on any atom is -0.368 e. The first-order valence-electron chi connectivity index (χ1n) is 11.1. The quantitative estimate of drug-likeness (QED) is 0.610. The second-order valence-electron chi connectivity index (χ2n) is 8.32. The highest BCUT2D eigenvalue weighted by molar-refractivity contribution is 6.06. The van der Waals surface area contributed by atoms with Crippen LogP contribution in [0.15, 0.2) is 48.8 Å². The highest BCUT2D eigenvalue weighted by Gasteiger charge is 2.26. The molecule has 0 unspecified atom stereocenters. The van der Waals surface area contributed by atoms with E-state index in [1.54, 1.807) is 13.1 Å². The van der Waals surface area contributed by atoms with E-state index in [4.69, 9.17) is 0 Å². The molecule has 0 saturated carbocycles. The number of hydrogen-bond donors (Lipinski definition) is 2. The molecule has 0 radical (unpaired) electrons. The average Bonchev–Trinajstić information content (AvgIpc) is 3.23. The van der Waals surface area contributed by atoms with Crippen molar-refractivity contribution in [2.45, 2.75) is 13.5 Å². The number of carbonyl (C=O) groups is 1. The van der Waals surface area contributed by atoms with E-state index in [2.05, 4.69) is 55.4 Å². The third kappa shape index (κ3) is 4.26. The lowest BCUT2D eigenvalue weighted by Crippen LogP contribution is -2.44. The Morgan fingerprint density at radius 1 is 1.06 bits per heavy atom. The standard InChI is InChI=1S/C26H26N6O/c1-3-4-19-15-18(9-10-27-19)21-6-7-23(25-22(21)17-29-26(25)33)30-24-8-5-20(16-28-24)32-13-11-31(2)12-14-32/h5-10,15-16H,11-14,17H2,1-2H3,(H,28,30)(H,29,33). The molecule has 2 aromatic heterocycles. The van der Waals surface area contributed by atoms with E-state index in [-0.39, 0.29) is 5.91 Å². The van der Waals surface area contributed by atoms with Gasteiger partial charge >= 0.3 is 0 Å². The fourth-order valence-electron chi connectivity index (χ4n) is 4.37. The molecule has 1 fully saturated rings. The Bertz CT molecular complexity index is 1250. The number of piperazine rings is 1.